The molecule has 0 saturated heterocycles. The smallest absolute Gasteiger partial charge is 0.249 e. The highest BCUT2D eigenvalue weighted by Crippen LogP contribution is 2.26. The summed E-state index contributed by atoms with van der Waals surface area (Å²) in [7, 11) is 3.58. The molecule has 2 rings (SSSR count). The lowest BCUT2D eigenvalue weighted by molar-refractivity contribution is -0.124. The van der Waals surface area contributed by atoms with Crippen LogP contribution in [0.15, 0.2) is 23.8 Å². The van der Waals surface area contributed by atoms with Crippen LogP contribution in [-0.4, -0.2) is 24.9 Å². The monoisotopic (exact) mass is 201 g/mol. The number of amides is 1. The quantitative estimate of drug-likeness (QED) is 0.680. The first-order valence-electron chi connectivity index (χ1n) is 5.09. The summed E-state index contributed by atoms with van der Waals surface area (Å²) in [4.78, 5) is 13.4. The summed E-state index contributed by atoms with van der Waals surface area (Å²) >= 11 is 0. The fraction of sp³-hybridized carbons (Fsp3) is 0.308. The number of rotatable bonds is 1. The van der Waals surface area contributed by atoms with Gasteiger partial charge in [-0.2, -0.15) is 0 Å². The maximum atomic E-state index is 11.8. The summed E-state index contributed by atoms with van der Waals surface area (Å²) in [6.45, 7) is 2.07. The van der Waals surface area contributed by atoms with Gasteiger partial charge < -0.3 is 4.90 Å². The van der Waals surface area contributed by atoms with Crippen molar-refractivity contribution in [3.63, 3.8) is 0 Å². The second-order valence-corrected chi connectivity index (χ2v) is 4.25. The van der Waals surface area contributed by atoms with E-state index >= 15 is 0 Å². The summed E-state index contributed by atoms with van der Waals surface area (Å²) < 4.78 is 0. The standard InChI is InChI=1S/C13H15NO/c1-9-4-5-10-7-12(8-11(10)6-9)13(15)14(2)3/h4-6,8H,7H2,1-3H3. The molecular weight excluding hydrogens is 186 g/mol. The molecule has 0 heterocycles. The molecule has 0 atom stereocenters. The van der Waals surface area contributed by atoms with Gasteiger partial charge in [0.2, 0.25) is 5.91 Å². The summed E-state index contributed by atoms with van der Waals surface area (Å²) in [5.74, 6) is 0.115. The van der Waals surface area contributed by atoms with E-state index in [0.717, 1.165) is 12.0 Å². The Bertz CT molecular complexity index is 444. The second-order valence-electron chi connectivity index (χ2n) is 4.25. The van der Waals surface area contributed by atoms with Crippen molar-refractivity contribution in [2.75, 3.05) is 14.1 Å². The SMILES string of the molecule is Cc1ccc2c(c1)C=C(C(=O)N(C)C)C2. The third kappa shape index (κ3) is 1.80. The maximum Gasteiger partial charge on any atom is 0.249 e. The van der Waals surface area contributed by atoms with Crippen LogP contribution in [-0.2, 0) is 11.2 Å². The van der Waals surface area contributed by atoms with Crippen LogP contribution in [0.5, 0.6) is 0 Å². The minimum absolute atomic E-state index is 0.115. The van der Waals surface area contributed by atoms with E-state index in [4.69, 9.17) is 0 Å². The van der Waals surface area contributed by atoms with E-state index in [1.165, 1.54) is 16.7 Å². The minimum atomic E-state index is 0.115. The average molecular weight is 201 g/mol. The summed E-state index contributed by atoms with van der Waals surface area (Å²) in [6, 6.07) is 6.33. The van der Waals surface area contributed by atoms with E-state index in [2.05, 4.69) is 25.1 Å². The first kappa shape index (κ1) is 9.97. The normalized spacial score (nSPS) is 13.4. The van der Waals surface area contributed by atoms with Gasteiger partial charge in [0, 0.05) is 26.1 Å². The molecule has 0 spiro atoms. The van der Waals surface area contributed by atoms with Crippen molar-refractivity contribution in [2.45, 2.75) is 13.3 Å². The van der Waals surface area contributed by atoms with Crippen molar-refractivity contribution in [2.24, 2.45) is 0 Å². The van der Waals surface area contributed by atoms with E-state index in [1.807, 2.05) is 6.08 Å². The zero-order valence-corrected chi connectivity index (χ0v) is 9.37. The van der Waals surface area contributed by atoms with Crippen LogP contribution in [0.2, 0.25) is 0 Å². The number of likely N-dealkylation sites (N-methyl/N-ethyl adjacent to an activating group) is 1. The van der Waals surface area contributed by atoms with Crippen molar-refractivity contribution < 1.29 is 4.79 Å². The summed E-state index contributed by atoms with van der Waals surface area (Å²) in [6.07, 6.45) is 2.78. The molecule has 78 valence electrons. The average Bonchev–Trinajstić information content (AvgIpc) is 2.58. The van der Waals surface area contributed by atoms with Crippen molar-refractivity contribution in [3.05, 3.63) is 40.5 Å². The van der Waals surface area contributed by atoms with Gasteiger partial charge in [-0.3, -0.25) is 4.79 Å². The van der Waals surface area contributed by atoms with E-state index in [-0.39, 0.29) is 5.91 Å². The number of carbonyl (C=O) groups excluding carboxylic acids is 1. The van der Waals surface area contributed by atoms with E-state index in [0.29, 0.717) is 0 Å². The molecule has 1 amide bonds. The van der Waals surface area contributed by atoms with Gasteiger partial charge in [-0.1, -0.05) is 23.8 Å². The molecule has 2 heteroatoms. The third-order valence-corrected chi connectivity index (χ3v) is 2.69. The van der Waals surface area contributed by atoms with Crippen molar-refractivity contribution >= 4 is 12.0 Å². The third-order valence-electron chi connectivity index (χ3n) is 2.69. The Morgan fingerprint density at radius 3 is 2.73 bits per heavy atom. The lowest BCUT2D eigenvalue weighted by Gasteiger charge is -2.10. The Labute approximate surface area is 90.2 Å². The Balaban J connectivity index is 2.31. The fourth-order valence-corrected chi connectivity index (χ4v) is 1.88. The molecule has 1 aliphatic carbocycles. The first-order valence-corrected chi connectivity index (χ1v) is 5.09. The molecule has 1 aromatic carbocycles. The van der Waals surface area contributed by atoms with Gasteiger partial charge >= 0.3 is 0 Å². The molecule has 0 bridgehead atoms. The Morgan fingerprint density at radius 1 is 1.33 bits per heavy atom. The zero-order chi connectivity index (χ0) is 11.0. The maximum absolute atomic E-state index is 11.8. The number of hydrogen-bond acceptors (Lipinski definition) is 1. The Morgan fingerprint density at radius 2 is 2.07 bits per heavy atom. The van der Waals surface area contributed by atoms with Gasteiger partial charge in [0.25, 0.3) is 0 Å². The van der Waals surface area contributed by atoms with Gasteiger partial charge in [-0.05, 0) is 24.1 Å². The van der Waals surface area contributed by atoms with Crippen LogP contribution in [0, 0.1) is 6.92 Å². The topological polar surface area (TPSA) is 20.3 Å². The largest absolute Gasteiger partial charge is 0.345 e. The molecule has 0 unspecified atom stereocenters. The van der Waals surface area contributed by atoms with Gasteiger partial charge in [-0.15, -0.1) is 0 Å². The highest BCUT2D eigenvalue weighted by molar-refractivity contribution is 6.00. The number of fused-ring (bicyclic) bond motifs is 1. The van der Waals surface area contributed by atoms with Crippen LogP contribution in [0.4, 0.5) is 0 Å². The van der Waals surface area contributed by atoms with Crippen LogP contribution in [0.25, 0.3) is 6.08 Å². The van der Waals surface area contributed by atoms with Crippen molar-refractivity contribution in [1.82, 2.24) is 4.90 Å². The van der Waals surface area contributed by atoms with Crippen molar-refractivity contribution in [3.8, 4) is 0 Å². The van der Waals surface area contributed by atoms with Crippen LogP contribution in [0.1, 0.15) is 16.7 Å². The number of carbonyl (C=O) groups is 1. The van der Waals surface area contributed by atoms with E-state index in [9.17, 15) is 4.79 Å². The summed E-state index contributed by atoms with van der Waals surface area (Å²) in [5, 5.41) is 0. The second kappa shape index (κ2) is 3.54. The number of benzene rings is 1. The molecule has 2 nitrogen and oxygen atoms in total. The molecule has 1 aliphatic rings. The molecule has 0 radical (unpaired) electrons. The lowest BCUT2D eigenvalue weighted by atomic mass is 10.1. The molecule has 0 aromatic heterocycles. The van der Waals surface area contributed by atoms with Crippen LogP contribution in [0.3, 0.4) is 0 Å². The van der Waals surface area contributed by atoms with Crippen LogP contribution < -0.4 is 0 Å². The molecule has 0 aliphatic heterocycles. The molecular formula is C13H15NO. The van der Waals surface area contributed by atoms with Gasteiger partial charge in [0.1, 0.15) is 0 Å². The predicted octanol–water partition coefficient (Wildman–Crippen LogP) is 2.02. The molecule has 15 heavy (non-hydrogen) atoms. The first-order chi connectivity index (χ1) is 7.08. The highest BCUT2D eigenvalue weighted by atomic mass is 16.2. The number of aryl methyl sites for hydroxylation is 1. The Kier molecular flexibility index (Phi) is 2.35. The zero-order valence-electron chi connectivity index (χ0n) is 9.37. The molecule has 0 fully saturated rings. The minimum Gasteiger partial charge on any atom is -0.345 e. The predicted molar refractivity (Wildman–Crippen MR) is 61.6 cm³/mol. The molecule has 0 saturated carbocycles. The number of nitrogens with zero attached hydrogens (tertiary/aromatic N) is 1. The van der Waals surface area contributed by atoms with Crippen molar-refractivity contribution in [1.29, 1.82) is 0 Å². The lowest BCUT2D eigenvalue weighted by Crippen LogP contribution is -2.23. The van der Waals surface area contributed by atoms with Gasteiger partial charge in [0.15, 0.2) is 0 Å². The van der Waals surface area contributed by atoms with E-state index in [1.54, 1.807) is 19.0 Å². The summed E-state index contributed by atoms with van der Waals surface area (Å²) in [5.41, 5.74) is 4.58. The van der Waals surface area contributed by atoms with Crippen LogP contribution >= 0.6 is 0 Å². The Hall–Kier alpha value is -1.57. The molecule has 0 N–H and O–H groups in total. The van der Waals surface area contributed by atoms with Gasteiger partial charge in [0.05, 0.1) is 0 Å². The van der Waals surface area contributed by atoms with E-state index < -0.39 is 0 Å². The van der Waals surface area contributed by atoms with Gasteiger partial charge in [-0.25, -0.2) is 0 Å². The fourth-order valence-electron chi connectivity index (χ4n) is 1.88. The highest BCUT2D eigenvalue weighted by Gasteiger charge is 2.19. The molecule has 1 aromatic rings. The number of hydrogen-bond donors (Lipinski definition) is 0.